The summed E-state index contributed by atoms with van der Waals surface area (Å²) in [6, 6.07) is 10.3. The normalized spacial score (nSPS) is 19.3. The molecular formula is C24H24F3N5O3S2. The predicted octanol–water partition coefficient (Wildman–Crippen LogP) is 3.84. The molecule has 1 saturated heterocycles. The van der Waals surface area contributed by atoms with Crippen LogP contribution >= 0.6 is 11.3 Å². The molecule has 4 aromatic rings. The third-order valence-electron chi connectivity index (χ3n) is 6.65. The van der Waals surface area contributed by atoms with Gasteiger partial charge in [0, 0.05) is 50.5 Å². The van der Waals surface area contributed by atoms with E-state index in [1.54, 1.807) is 29.9 Å². The molecule has 0 amide bonds. The zero-order valence-corrected chi connectivity index (χ0v) is 21.3. The van der Waals surface area contributed by atoms with Crippen molar-refractivity contribution in [2.24, 2.45) is 0 Å². The van der Waals surface area contributed by atoms with Crippen LogP contribution < -0.4 is 4.90 Å². The Kier molecular flexibility index (Phi) is 6.51. The first-order chi connectivity index (χ1) is 17.5. The molecule has 1 aliphatic heterocycles. The first kappa shape index (κ1) is 25.6. The smallest absolute Gasteiger partial charge is 0.376 e. The van der Waals surface area contributed by atoms with E-state index in [-0.39, 0.29) is 28.9 Å². The average molecular weight is 552 g/mol. The molecule has 1 fully saturated rings. The highest BCUT2D eigenvalue weighted by Gasteiger charge is 2.51. The monoisotopic (exact) mass is 551 g/mol. The van der Waals surface area contributed by atoms with E-state index >= 15 is 0 Å². The van der Waals surface area contributed by atoms with E-state index in [1.807, 2.05) is 21.7 Å². The molecule has 0 spiro atoms. The molecule has 1 aromatic carbocycles. The standard InChI is InChI=1S/C24H24F3N5O3S2/c1-23(33,24(25,26)27)17-4-6-18(7-5-17)32-13-12-31(37(34,35)21-3-2-14-36-21)16-19(32)15-30-11-8-20-22(30)29-10-9-28-20/h2-11,14,19,33H,12-13,15-16H2,1H3/t19-,23+/m0/s1. The highest BCUT2D eigenvalue weighted by Crippen LogP contribution is 2.39. The molecule has 0 aliphatic carbocycles. The fourth-order valence-corrected chi connectivity index (χ4v) is 7.12. The minimum Gasteiger partial charge on any atom is -0.376 e. The molecule has 1 N–H and O–H groups in total. The maximum atomic E-state index is 13.3. The Morgan fingerprint density at radius 1 is 1.08 bits per heavy atom. The number of alkyl halides is 3. The lowest BCUT2D eigenvalue weighted by Crippen LogP contribution is -2.56. The zero-order chi connectivity index (χ0) is 26.4. The average Bonchev–Trinajstić information content (AvgIpc) is 3.55. The Morgan fingerprint density at radius 2 is 1.81 bits per heavy atom. The van der Waals surface area contributed by atoms with Gasteiger partial charge in [0.2, 0.25) is 0 Å². The van der Waals surface area contributed by atoms with Gasteiger partial charge in [-0.2, -0.15) is 17.5 Å². The number of aliphatic hydroxyl groups is 1. The third kappa shape index (κ3) is 4.72. The zero-order valence-electron chi connectivity index (χ0n) is 19.7. The van der Waals surface area contributed by atoms with Crippen molar-refractivity contribution < 1.29 is 26.7 Å². The summed E-state index contributed by atoms with van der Waals surface area (Å²) in [5.41, 5.74) is -1.28. The summed E-state index contributed by atoms with van der Waals surface area (Å²) in [6.45, 7) is 1.81. The number of piperazine rings is 1. The van der Waals surface area contributed by atoms with E-state index < -0.39 is 21.8 Å². The van der Waals surface area contributed by atoms with Gasteiger partial charge < -0.3 is 14.6 Å². The van der Waals surface area contributed by atoms with E-state index in [2.05, 4.69) is 9.97 Å². The van der Waals surface area contributed by atoms with Gasteiger partial charge in [-0.05, 0) is 42.1 Å². The predicted molar refractivity (Wildman–Crippen MR) is 134 cm³/mol. The van der Waals surface area contributed by atoms with Crippen molar-refractivity contribution in [2.45, 2.75) is 35.5 Å². The Balaban J connectivity index is 1.47. The molecule has 8 nitrogen and oxygen atoms in total. The van der Waals surface area contributed by atoms with Crippen molar-refractivity contribution >= 4 is 38.2 Å². The van der Waals surface area contributed by atoms with E-state index in [4.69, 9.17) is 0 Å². The number of hydrogen-bond donors (Lipinski definition) is 1. The van der Waals surface area contributed by atoms with Gasteiger partial charge in [0.1, 0.15) is 9.73 Å². The molecule has 1 aliphatic rings. The number of nitrogens with zero attached hydrogens (tertiary/aromatic N) is 5. The van der Waals surface area contributed by atoms with Gasteiger partial charge in [0.25, 0.3) is 10.0 Å². The Morgan fingerprint density at radius 3 is 2.49 bits per heavy atom. The Bertz CT molecular complexity index is 1490. The molecule has 37 heavy (non-hydrogen) atoms. The van der Waals surface area contributed by atoms with Gasteiger partial charge in [0.05, 0.1) is 6.04 Å². The number of halogens is 3. The molecule has 2 atom stereocenters. The van der Waals surface area contributed by atoms with Crippen molar-refractivity contribution in [3.63, 3.8) is 0 Å². The molecule has 196 valence electrons. The topological polar surface area (TPSA) is 91.6 Å². The summed E-state index contributed by atoms with van der Waals surface area (Å²) < 4.78 is 70.0. The lowest BCUT2D eigenvalue weighted by molar-refractivity contribution is -0.258. The van der Waals surface area contributed by atoms with Crippen LogP contribution in [-0.4, -0.2) is 64.2 Å². The summed E-state index contributed by atoms with van der Waals surface area (Å²) in [6.07, 6.45) is 0.178. The van der Waals surface area contributed by atoms with Crippen LogP contribution in [0.25, 0.3) is 11.2 Å². The number of hydrogen-bond acceptors (Lipinski definition) is 7. The van der Waals surface area contributed by atoms with E-state index in [0.29, 0.717) is 29.9 Å². The van der Waals surface area contributed by atoms with Gasteiger partial charge in [-0.25, -0.2) is 13.4 Å². The van der Waals surface area contributed by atoms with E-state index in [9.17, 15) is 26.7 Å². The summed E-state index contributed by atoms with van der Waals surface area (Å²) in [4.78, 5) is 10.7. The molecule has 0 bridgehead atoms. The molecular weight excluding hydrogens is 527 g/mol. The number of aromatic nitrogens is 3. The molecule has 3 aromatic heterocycles. The second-order valence-electron chi connectivity index (χ2n) is 8.99. The molecule has 13 heteroatoms. The van der Waals surface area contributed by atoms with Crippen LogP contribution in [0.1, 0.15) is 12.5 Å². The fourth-order valence-electron chi connectivity index (χ4n) is 4.51. The summed E-state index contributed by atoms with van der Waals surface area (Å²) in [7, 11) is -3.69. The van der Waals surface area contributed by atoms with Gasteiger partial charge in [0.15, 0.2) is 11.2 Å². The first-order valence-electron chi connectivity index (χ1n) is 11.4. The molecule has 0 radical (unpaired) electrons. The van der Waals surface area contributed by atoms with Crippen LogP contribution in [-0.2, 0) is 22.2 Å². The lowest BCUT2D eigenvalue weighted by Gasteiger charge is -2.42. The van der Waals surface area contributed by atoms with Crippen LogP contribution in [0.2, 0.25) is 0 Å². The number of sulfonamides is 1. The van der Waals surface area contributed by atoms with Gasteiger partial charge in [-0.15, -0.1) is 11.3 Å². The number of benzene rings is 1. The molecule has 0 unspecified atom stereocenters. The van der Waals surface area contributed by atoms with Gasteiger partial charge >= 0.3 is 6.18 Å². The van der Waals surface area contributed by atoms with Gasteiger partial charge in [-0.1, -0.05) is 18.2 Å². The maximum Gasteiger partial charge on any atom is 0.421 e. The van der Waals surface area contributed by atoms with Crippen LogP contribution in [0.4, 0.5) is 18.9 Å². The number of anilines is 1. The van der Waals surface area contributed by atoms with Crippen molar-refractivity contribution in [1.82, 2.24) is 18.8 Å². The minimum absolute atomic E-state index is 0.169. The van der Waals surface area contributed by atoms with Crippen molar-refractivity contribution in [3.05, 3.63) is 72.0 Å². The quantitative estimate of drug-likeness (QED) is 0.392. The third-order valence-corrected chi connectivity index (χ3v) is 9.88. The molecule has 4 heterocycles. The fraction of sp³-hybridized carbons (Fsp3) is 0.333. The van der Waals surface area contributed by atoms with Crippen LogP contribution in [0.3, 0.4) is 0 Å². The van der Waals surface area contributed by atoms with E-state index in [1.165, 1.54) is 28.6 Å². The minimum atomic E-state index is -4.82. The second kappa shape index (κ2) is 9.39. The van der Waals surface area contributed by atoms with Crippen molar-refractivity contribution in [2.75, 3.05) is 24.5 Å². The Labute approximate surface area is 215 Å². The SMILES string of the molecule is C[C@@](O)(c1ccc(N2CCN(S(=O)(=O)c3cccs3)C[C@@H]2Cn2ccc3nccnc32)cc1)C(F)(F)F. The summed E-state index contributed by atoms with van der Waals surface area (Å²) in [5, 5.41) is 11.7. The van der Waals surface area contributed by atoms with Crippen molar-refractivity contribution in [1.29, 1.82) is 0 Å². The number of rotatable bonds is 6. The van der Waals surface area contributed by atoms with Crippen LogP contribution in [0.5, 0.6) is 0 Å². The largest absolute Gasteiger partial charge is 0.421 e. The number of fused-ring (bicyclic) bond motifs is 1. The highest BCUT2D eigenvalue weighted by atomic mass is 32.2. The molecule has 0 saturated carbocycles. The lowest BCUT2D eigenvalue weighted by atomic mass is 9.95. The van der Waals surface area contributed by atoms with Crippen LogP contribution in [0, 0.1) is 0 Å². The molecule has 5 rings (SSSR count). The Hall–Kier alpha value is -3.00. The highest BCUT2D eigenvalue weighted by molar-refractivity contribution is 7.91. The van der Waals surface area contributed by atoms with Crippen LogP contribution in [0.15, 0.2) is 70.6 Å². The summed E-state index contributed by atoms with van der Waals surface area (Å²) in [5.74, 6) is 0. The maximum absolute atomic E-state index is 13.3. The van der Waals surface area contributed by atoms with E-state index in [0.717, 1.165) is 18.3 Å². The first-order valence-corrected chi connectivity index (χ1v) is 13.8. The van der Waals surface area contributed by atoms with Crippen molar-refractivity contribution in [3.8, 4) is 0 Å². The summed E-state index contributed by atoms with van der Waals surface area (Å²) >= 11 is 1.15. The second-order valence-corrected chi connectivity index (χ2v) is 12.1. The number of thiophene rings is 1. The van der Waals surface area contributed by atoms with Gasteiger partial charge in [-0.3, -0.25) is 4.98 Å².